The van der Waals surface area contributed by atoms with Gasteiger partial charge in [-0.1, -0.05) is 12.2 Å². The molecule has 0 bridgehead atoms. The number of aliphatic carboxylic acids is 1. The number of methoxy groups -OCH3 is 1. The van der Waals surface area contributed by atoms with E-state index in [-0.39, 0.29) is 12.8 Å². The molecule has 0 aromatic rings. The minimum atomic E-state index is -0.998. The van der Waals surface area contributed by atoms with Gasteiger partial charge in [0.2, 0.25) is 0 Å². The standard InChI is InChI=1S/C14H24O6/c1-20-6-2-3-9(15)4-5-10-11(7-14(18)19)13(17)8-12(10)16/h4-5,9-13,15-17H,2-3,6-8H2,1H3,(H,18,19). The zero-order valence-corrected chi connectivity index (χ0v) is 11.7. The lowest BCUT2D eigenvalue weighted by atomic mass is 9.90. The Morgan fingerprint density at radius 2 is 2.10 bits per heavy atom. The van der Waals surface area contributed by atoms with Crippen molar-refractivity contribution < 1.29 is 30.0 Å². The van der Waals surface area contributed by atoms with Crippen LogP contribution in [-0.2, 0) is 9.53 Å². The second-order valence-corrected chi connectivity index (χ2v) is 5.30. The van der Waals surface area contributed by atoms with E-state index in [1.807, 2.05) is 0 Å². The van der Waals surface area contributed by atoms with Crippen LogP contribution in [0.2, 0.25) is 0 Å². The lowest BCUT2D eigenvalue weighted by molar-refractivity contribution is -0.139. The Kier molecular flexibility index (Phi) is 7.15. The van der Waals surface area contributed by atoms with Crippen molar-refractivity contribution in [3.63, 3.8) is 0 Å². The largest absolute Gasteiger partial charge is 0.481 e. The van der Waals surface area contributed by atoms with Crippen LogP contribution in [0.1, 0.15) is 25.7 Å². The average Bonchev–Trinajstić information content (AvgIpc) is 2.62. The lowest BCUT2D eigenvalue weighted by Gasteiger charge is -2.19. The first-order chi connectivity index (χ1) is 9.45. The Bertz CT molecular complexity index is 330. The van der Waals surface area contributed by atoms with Crippen molar-refractivity contribution in [3.05, 3.63) is 12.2 Å². The predicted molar refractivity (Wildman–Crippen MR) is 72.1 cm³/mol. The van der Waals surface area contributed by atoms with Crippen LogP contribution in [-0.4, -0.2) is 58.4 Å². The third-order valence-corrected chi connectivity index (χ3v) is 3.73. The number of hydrogen-bond acceptors (Lipinski definition) is 5. The van der Waals surface area contributed by atoms with Gasteiger partial charge in [-0.25, -0.2) is 0 Å². The molecule has 0 saturated heterocycles. The number of aliphatic hydroxyl groups is 3. The highest BCUT2D eigenvalue weighted by Crippen LogP contribution is 2.36. The van der Waals surface area contributed by atoms with Crippen LogP contribution in [0.4, 0.5) is 0 Å². The van der Waals surface area contributed by atoms with Crippen molar-refractivity contribution in [1.82, 2.24) is 0 Å². The van der Waals surface area contributed by atoms with Crippen LogP contribution in [0.25, 0.3) is 0 Å². The Morgan fingerprint density at radius 1 is 1.40 bits per heavy atom. The summed E-state index contributed by atoms with van der Waals surface area (Å²) >= 11 is 0. The predicted octanol–water partition coefficient (Wildman–Crippen LogP) is 0.163. The first-order valence-corrected chi connectivity index (χ1v) is 6.89. The number of aliphatic hydroxyl groups excluding tert-OH is 3. The molecule has 0 heterocycles. The van der Waals surface area contributed by atoms with Crippen molar-refractivity contribution in [1.29, 1.82) is 0 Å². The van der Waals surface area contributed by atoms with Gasteiger partial charge in [-0.05, 0) is 12.8 Å². The molecule has 1 rings (SSSR count). The Balaban J connectivity index is 2.55. The van der Waals surface area contributed by atoms with Crippen molar-refractivity contribution in [2.45, 2.75) is 44.0 Å². The smallest absolute Gasteiger partial charge is 0.303 e. The number of carbonyl (C=O) groups is 1. The summed E-state index contributed by atoms with van der Waals surface area (Å²) < 4.78 is 4.89. The van der Waals surface area contributed by atoms with Crippen LogP contribution < -0.4 is 0 Å². The summed E-state index contributed by atoms with van der Waals surface area (Å²) in [5.74, 6) is -1.94. The molecule has 0 radical (unpaired) electrons. The van der Waals surface area contributed by atoms with Crippen LogP contribution in [0.3, 0.4) is 0 Å². The molecule has 4 N–H and O–H groups in total. The number of carboxylic acid groups (broad SMARTS) is 1. The molecule has 116 valence electrons. The number of rotatable bonds is 8. The third kappa shape index (κ3) is 5.20. The summed E-state index contributed by atoms with van der Waals surface area (Å²) in [6.45, 7) is 0.567. The second kappa shape index (κ2) is 8.36. The first-order valence-electron chi connectivity index (χ1n) is 6.89. The average molecular weight is 288 g/mol. The molecule has 0 aliphatic heterocycles. The molecule has 5 atom stereocenters. The molecule has 6 heteroatoms. The monoisotopic (exact) mass is 288 g/mol. The molecule has 1 aliphatic carbocycles. The number of carboxylic acids is 1. The third-order valence-electron chi connectivity index (χ3n) is 3.73. The maximum Gasteiger partial charge on any atom is 0.303 e. The Morgan fingerprint density at radius 3 is 2.70 bits per heavy atom. The Labute approximate surface area is 118 Å². The molecule has 6 nitrogen and oxygen atoms in total. The lowest BCUT2D eigenvalue weighted by Crippen LogP contribution is -2.23. The van der Waals surface area contributed by atoms with Gasteiger partial charge in [0, 0.05) is 32.0 Å². The van der Waals surface area contributed by atoms with Gasteiger partial charge in [0.05, 0.1) is 24.7 Å². The van der Waals surface area contributed by atoms with Crippen molar-refractivity contribution >= 4 is 5.97 Å². The molecular weight excluding hydrogens is 264 g/mol. The minimum Gasteiger partial charge on any atom is -0.481 e. The van der Waals surface area contributed by atoms with Gasteiger partial charge < -0.3 is 25.2 Å². The summed E-state index contributed by atoms with van der Waals surface area (Å²) in [6, 6.07) is 0. The zero-order chi connectivity index (χ0) is 15.1. The highest BCUT2D eigenvalue weighted by Gasteiger charge is 2.41. The molecular formula is C14H24O6. The van der Waals surface area contributed by atoms with E-state index < -0.39 is 36.1 Å². The number of ether oxygens (including phenoxy) is 1. The summed E-state index contributed by atoms with van der Waals surface area (Å²) in [4.78, 5) is 10.8. The molecule has 1 aliphatic rings. The first kappa shape index (κ1) is 17.1. The fraction of sp³-hybridized carbons (Fsp3) is 0.786. The highest BCUT2D eigenvalue weighted by molar-refractivity contribution is 5.67. The van der Waals surface area contributed by atoms with Crippen molar-refractivity contribution in [3.8, 4) is 0 Å². The fourth-order valence-corrected chi connectivity index (χ4v) is 2.66. The van der Waals surface area contributed by atoms with Gasteiger partial charge >= 0.3 is 5.97 Å². The fourth-order valence-electron chi connectivity index (χ4n) is 2.66. The molecule has 0 aromatic carbocycles. The van der Waals surface area contributed by atoms with Crippen molar-refractivity contribution in [2.75, 3.05) is 13.7 Å². The minimum absolute atomic E-state index is 0.173. The van der Waals surface area contributed by atoms with E-state index in [2.05, 4.69) is 0 Å². The van der Waals surface area contributed by atoms with E-state index in [0.717, 1.165) is 6.42 Å². The van der Waals surface area contributed by atoms with E-state index in [9.17, 15) is 20.1 Å². The molecule has 1 fully saturated rings. The van der Waals surface area contributed by atoms with Gasteiger partial charge in [0.1, 0.15) is 0 Å². The van der Waals surface area contributed by atoms with Crippen LogP contribution in [0, 0.1) is 11.8 Å². The van der Waals surface area contributed by atoms with E-state index in [0.29, 0.717) is 13.0 Å². The summed E-state index contributed by atoms with van der Waals surface area (Å²) in [5, 5.41) is 38.2. The summed E-state index contributed by atoms with van der Waals surface area (Å²) in [6.07, 6.45) is 2.21. The zero-order valence-electron chi connectivity index (χ0n) is 11.7. The normalized spacial score (nSPS) is 31.8. The maximum absolute atomic E-state index is 10.8. The van der Waals surface area contributed by atoms with Crippen molar-refractivity contribution in [2.24, 2.45) is 11.8 Å². The van der Waals surface area contributed by atoms with E-state index in [1.165, 1.54) is 0 Å². The van der Waals surface area contributed by atoms with Crippen LogP contribution >= 0.6 is 0 Å². The molecule has 20 heavy (non-hydrogen) atoms. The van der Waals surface area contributed by atoms with Gasteiger partial charge in [0.15, 0.2) is 0 Å². The van der Waals surface area contributed by atoms with Crippen LogP contribution in [0.15, 0.2) is 12.2 Å². The van der Waals surface area contributed by atoms with Gasteiger partial charge in [-0.3, -0.25) is 4.79 Å². The SMILES string of the molecule is COCCCC(O)C=CC1C(O)CC(O)C1CC(=O)O. The molecule has 0 amide bonds. The highest BCUT2D eigenvalue weighted by atomic mass is 16.5. The molecule has 0 aromatic heterocycles. The number of hydrogen-bond donors (Lipinski definition) is 4. The van der Waals surface area contributed by atoms with Crippen LogP contribution in [0.5, 0.6) is 0 Å². The van der Waals surface area contributed by atoms with Gasteiger partial charge in [-0.2, -0.15) is 0 Å². The van der Waals surface area contributed by atoms with Gasteiger partial charge in [-0.15, -0.1) is 0 Å². The molecule has 5 unspecified atom stereocenters. The summed E-state index contributed by atoms with van der Waals surface area (Å²) in [5.41, 5.74) is 0. The van der Waals surface area contributed by atoms with E-state index in [4.69, 9.17) is 9.84 Å². The Hall–Kier alpha value is -0.950. The van der Waals surface area contributed by atoms with Gasteiger partial charge in [0.25, 0.3) is 0 Å². The maximum atomic E-state index is 10.8. The summed E-state index contributed by atoms with van der Waals surface area (Å²) in [7, 11) is 1.59. The molecule has 0 spiro atoms. The molecule has 1 saturated carbocycles. The van der Waals surface area contributed by atoms with E-state index >= 15 is 0 Å². The topological polar surface area (TPSA) is 107 Å². The quantitative estimate of drug-likeness (QED) is 0.374. The second-order valence-electron chi connectivity index (χ2n) is 5.30. The van der Waals surface area contributed by atoms with E-state index in [1.54, 1.807) is 19.3 Å².